The molecule has 108 valence electrons. The van der Waals surface area contributed by atoms with Gasteiger partial charge < -0.3 is 14.6 Å². The lowest BCUT2D eigenvalue weighted by Crippen LogP contribution is -2.18. The summed E-state index contributed by atoms with van der Waals surface area (Å²) in [4.78, 5) is 15.2. The normalized spacial score (nSPS) is 10.6. The number of aryl methyl sites for hydroxylation is 1. The summed E-state index contributed by atoms with van der Waals surface area (Å²) < 4.78 is 9.87. The number of nitrogens with zero attached hydrogens (tertiary/aromatic N) is 2. The van der Waals surface area contributed by atoms with Crippen molar-refractivity contribution in [2.24, 2.45) is 0 Å². The Morgan fingerprint density at radius 1 is 1.32 bits per heavy atom. The zero-order valence-electron chi connectivity index (χ0n) is 11.8. The second-order valence-electron chi connectivity index (χ2n) is 4.35. The molecule has 0 aliphatic heterocycles. The van der Waals surface area contributed by atoms with E-state index in [4.69, 9.17) is 9.26 Å². The number of carbonyl (C=O) groups is 1. The van der Waals surface area contributed by atoms with Gasteiger partial charge in [0.1, 0.15) is 0 Å². The Labute approximate surface area is 113 Å². The molecule has 0 unspecified atom stereocenters. The highest BCUT2D eigenvalue weighted by Gasteiger charge is 2.02. The van der Waals surface area contributed by atoms with Crippen molar-refractivity contribution in [2.75, 3.05) is 19.7 Å². The molecule has 19 heavy (non-hydrogen) atoms. The highest BCUT2D eigenvalue weighted by Crippen LogP contribution is 2.01. The lowest BCUT2D eigenvalue weighted by atomic mass is 10.2. The fourth-order valence-electron chi connectivity index (χ4n) is 1.69. The molecule has 6 nitrogen and oxygen atoms in total. The molecule has 0 atom stereocenters. The van der Waals surface area contributed by atoms with Crippen LogP contribution in [0.2, 0.25) is 0 Å². The summed E-state index contributed by atoms with van der Waals surface area (Å²) >= 11 is 0. The first-order chi connectivity index (χ1) is 9.22. The number of carbonyl (C=O) groups excluding carboxylic acids is 1. The molecular formula is C13H23N3O3. The first-order valence-electron chi connectivity index (χ1n) is 6.88. The van der Waals surface area contributed by atoms with Crippen LogP contribution in [0, 0.1) is 6.92 Å². The van der Waals surface area contributed by atoms with Gasteiger partial charge in [0.25, 0.3) is 0 Å². The summed E-state index contributed by atoms with van der Waals surface area (Å²) in [5, 5.41) is 7.04. The molecule has 0 amide bonds. The van der Waals surface area contributed by atoms with Crippen molar-refractivity contribution in [3.8, 4) is 0 Å². The predicted octanol–water partition coefficient (Wildman–Crippen LogP) is 1.63. The zero-order valence-corrected chi connectivity index (χ0v) is 11.8. The maximum absolute atomic E-state index is 11.1. The van der Waals surface area contributed by atoms with E-state index in [1.165, 1.54) is 0 Å². The van der Waals surface area contributed by atoms with Gasteiger partial charge in [-0.05, 0) is 33.2 Å². The first kappa shape index (κ1) is 15.6. The summed E-state index contributed by atoms with van der Waals surface area (Å²) in [5.41, 5.74) is 0. The molecule has 0 aliphatic carbocycles. The second kappa shape index (κ2) is 9.49. The number of rotatable bonds is 10. The van der Waals surface area contributed by atoms with Crippen molar-refractivity contribution in [1.29, 1.82) is 0 Å². The molecule has 1 aromatic heterocycles. The number of nitrogens with one attached hydrogen (secondary N) is 1. The Morgan fingerprint density at radius 3 is 2.84 bits per heavy atom. The Kier molecular flexibility index (Phi) is 7.81. The average molecular weight is 269 g/mol. The predicted molar refractivity (Wildman–Crippen MR) is 70.7 cm³/mol. The van der Waals surface area contributed by atoms with Crippen LogP contribution in [0.1, 0.15) is 44.3 Å². The summed E-state index contributed by atoms with van der Waals surface area (Å²) in [6.07, 6.45) is 4.26. The van der Waals surface area contributed by atoms with E-state index >= 15 is 0 Å². The van der Waals surface area contributed by atoms with Gasteiger partial charge in [-0.3, -0.25) is 4.79 Å². The number of hydrogen-bond donors (Lipinski definition) is 1. The SMILES string of the molecule is CCOC(=O)CCCCCNCCc1nc(C)no1. The van der Waals surface area contributed by atoms with Crippen LogP contribution in [0.3, 0.4) is 0 Å². The fraction of sp³-hybridized carbons (Fsp3) is 0.769. The van der Waals surface area contributed by atoms with Gasteiger partial charge >= 0.3 is 5.97 Å². The minimum atomic E-state index is -0.0952. The zero-order chi connectivity index (χ0) is 13.9. The van der Waals surface area contributed by atoms with Crippen LogP contribution in [0.5, 0.6) is 0 Å². The smallest absolute Gasteiger partial charge is 0.305 e. The largest absolute Gasteiger partial charge is 0.466 e. The van der Waals surface area contributed by atoms with E-state index in [9.17, 15) is 4.79 Å². The van der Waals surface area contributed by atoms with Crippen LogP contribution in [0.15, 0.2) is 4.52 Å². The fourth-order valence-corrected chi connectivity index (χ4v) is 1.69. The van der Waals surface area contributed by atoms with Gasteiger partial charge in [0.2, 0.25) is 5.89 Å². The van der Waals surface area contributed by atoms with Crippen LogP contribution in [-0.4, -0.2) is 35.8 Å². The van der Waals surface area contributed by atoms with Crippen LogP contribution in [-0.2, 0) is 16.0 Å². The molecule has 0 saturated heterocycles. The van der Waals surface area contributed by atoms with E-state index in [0.717, 1.165) is 38.8 Å². The monoisotopic (exact) mass is 269 g/mol. The molecule has 0 bridgehead atoms. The van der Waals surface area contributed by atoms with Gasteiger partial charge in [-0.25, -0.2) is 0 Å². The quantitative estimate of drug-likeness (QED) is 0.514. The summed E-state index contributed by atoms with van der Waals surface area (Å²) in [6, 6.07) is 0. The van der Waals surface area contributed by atoms with E-state index in [-0.39, 0.29) is 5.97 Å². The molecule has 0 spiro atoms. The molecule has 0 aliphatic rings. The van der Waals surface area contributed by atoms with Crippen LogP contribution in [0.25, 0.3) is 0 Å². The molecular weight excluding hydrogens is 246 g/mol. The van der Waals surface area contributed by atoms with Crippen molar-refractivity contribution in [2.45, 2.75) is 46.0 Å². The van der Waals surface area contributed by atoms with E-state index in [0.29, 0.717) is 24.7 Å². The number of hydrogen-bond acceptors (Lipinski definition) is 6. The van der Waals surface area contributed by atoms with Gasteiger partial charge in [-0.15, -0.1) is 0 Å². The molecule has 1 rings (SSSR count). The molecule has 1 N–H and O–H groups in total. The highest BCUT2D eigenvalue weighted by atomic mass is 16.5. The van der Waals surface area contributed by atoms with Crippen LogP contribution >= 0.6 is 0 Å². The molecule has 0 fully saturated rings. The maximum atomic E-state index is 11.1. The summed E-state index contributed by atoms with van der Waals surface area (Å²) in [5.74, 6) is 1.25. The standard InChI is InChI=1S/C13H23N3O3/c1-3-18-13(17)7-5-4-6-9-14-10-8-12-15-11(2)16-19-12/h14H,3-10H2,1-2H3. The number of aromatic nitrogens is 2. The maximum Gasteiger partial charge on any atom is 0.305 e. The van der Waals surface area contributed by atoms with Crippen molar-refractivity contribution < 1.29 is 14.1 Å². The lowest BCUT2D eigenvalue weighted by Gasteiger charge is -2.03. The van der Waals surface area contributed by atoms with Gasteiger partial charge in [0.05, 0.1) is 6.61 Å². The van der Waals surface area contributed by atoms with Gasteiger partial charge in [0, 0.05) is 19.4 Å². The van der Waals surface area contributed by atoms with E-state index in [2.05, 4.69) is 15.5 Å². The highest BCUT2D eigenvalue weighted by molar-refractivity contribution is 5.69. The molecule has 1 heterocycles. The summed E-state index contributed by atoms with van der Waals surface area (Å²) in [7, 11) is 0. The van der Waals surface area contributed by atoms with Gasteiger partial charge in [0.15, 0.2) is 5.82 Å². The molecule has 0 aromatic carbocycles. The first-order valence-corrected chi connectivity index (χ1v) is 6.88. The Balaban J connectivity index is 1.87. The third kappa shape index (κ3) is 7.56. The molecule has 0 saturated carbocycles. The van der Waals surface area contributed by atoms with Gasteiger partial charge in [-0.1, -0.05) is 11.6 Å². The van der Waals surface area contributed by atoms with Crippen molar-refractivity contribution in [3.63, 3.8) is 0 Å². The second-order valence-corrected chi connectivity index (χ2v) is 4.35. The number of esters is 1. The lowest BCUT2D eigenvalue weighted by molar-refractivity contribution is -0.143. The molecule has 6 heteroatoms. The van der Waals surface area contributed by atoms with Crippen molar-refractivity contribution in [3.05, 3.63) is 11.7 Å². The third-order valence-corrected chi connectivity index (χ3v) is 2.63. The molecule has 1 aromatic rings. The van der Waals surface area contributed by atoms with E-state index in [1.54, 1.807) is 0 Å². The average Bonchev–Trinajstić information content (AvgIpc) is 2.79. The molecule has 0 radical (unpaired) electrons. The topological polar surface area (TPSA) is 77.2 Å². The van der Waals surface area contributed by atoms with Crippen LogP contribution in [0.4, 0.5) is 0 Å². The van der Waals surface area contributed by atoms with Crippen LogP contribution < -0.4 is 5.32 Å². The van der Waals surface area contributed by atoms with Gasteiger partial charge in [-0.2, -0.15) is 4.98 Å². The number of unbranched alkanes of at least 4 members (excludes halogenated alkanes) is 2. The summed E-state index contributed by atoms with van der Waals surface area (Å²) in [6.45, 7) is 5.88. The third-order valence-electron chi connectivity index (χ3n) is 2.63. The minimum absolute atomic E-state index is 0.0952. The van der Waals surface area contributed by atoms with Crippen molar-refractivity contribution in [1.82, 2.24) is 15.5 Å². The number of ether oxygens (including phenoxy) is 1. The minimum Gasteiger partial charge on any atom is -0.466 e. The van der Waals surface area contributed by atoms with E-state index < -0.39 is 0 Å². The van der Waals surface area contributed by atoms with Crippen molar-refractivity contribution >= 4 is 5.97 Å². The Hall–Kier alpha value is -1.43. The Morgan fingerprint density at radius 2 is 2.16 bits per heavy atom. The Bertz CT molecular complexity index is 366. The van der Waals surface area contributed by atoms with E-state index in [1.807, 2.05) is 13.8 Å².